The van der Waals surface area contributed by atoms with Crippen LogP contribution in [0.5, 0.6) is 5.75 Å². The van der Waals surface area contributed by atoms with E-state index in [0.717, 1.165) is 13.1 Å². The molecule has 0 radical (unpaired) electrons. The highest BCUT2D eigenvalue weighted by molar-refractivity contribution is 5.94. The molecule has 1 fully saturated rings. The zero-order valence-electron chi connectivity index (χ0n) is 10.6. The fourth-order valence-electron chi connectivity index (χ4n) is 1.91. The van der Waals surface area contributed by atoms with Crippen LogP contribution in [0.25, 0.3) is 0 Å². The van der Waals surface area contributed by atoms with Crippen molar-refractivity contribution < 1.29 is 19.4 Å². The number of aromatic carboxylic acids is 1. The number of carboxylic acid groups (broad SMARTS) is 1. The zero-order chi connectivity index (χ0) is 13.8. The Morgan fingerprint density at radius 3 is 2.74 bits per heavy atom. The van der Waals surface area contributed by atoms with E-state index in [1.165, 1.54) is 19.2 Å². The minimum absolute atomic E-state index is 0.0726. The quantitative estimate of drug-likeness (QED) is 0.736. The third kappa shape index (κ3) is 3.23. The molecule has 1 heterocycles. The molecule has 0 bridgehead atoms. The van der Waals surface area contributed by atoms with Crippen molar-refractivity contribution in [2.75, 3.05) is 25.5 Å². The van der Waals surface area contributed by atoms with Gasteiger partial charge in [0.05, 0.1) is 7.11 Å². The maximum Gasteiger partial charge on any atom is 0.339 e. The van der Waals surface area contributed by atoms with E-state index in [9.17, 15) is 9.59 Å². The molecule has 0 spiro atoms. The van der Waals surface area contributed by atoms with Gasteiger partial charge in [0.15, 0.2) is 0 Å². The first-order valence-electron chi connectivity index (χ1n) is 6.02. The molecule has 1 aromatic rings. The Morgan fingerprint density at radius 2 is 2.21 bits per heavy atom. The van der Waals surface area contributed by atoms with Crippen molar-refractivity contribution >= 4 is 17.6 Å². The van der Waals surface area contributed by atoms with Crippen LogP contribution in [-0.4, -0.2) is 37.2 Å². The van der Waals surface area contributed by atoms with Crippen molar-refractivity contribution in [2.24, 2.45) is 5.92 Å². The summed E-state index contributed by atoms with van der Waals surface area (Å²) in [6, 6.07) is 4.49. The summed E-state index contributed by atoms with van der Waals surface area (Å²) in [6.07, 6.45) is 0.468. The molecule has 6 heteroatoms. The Morgan fingerprint density at radius 1 is 1.47 bits per heavy atom. The Labute approximate surface area is 110 Å². The van der Waals surface area contributed by atoms with Crippen molar-refractivity contribution in [3.8, 4) is 5.75 Å². The van der Waals surface area contributed by atoms with Crippen LogP contribution in [0.1, 0.15) is 16.8 Å². The minimum atomic E-state index is -1.06. The summed E-state index contributed by atoms with van der Waals surface area (Å²) >= 11 is 0. The molecule has 0 aromatic heterocycles. The standard InChI is InChI=1S/C13H16N2O4/c1-19-11-5-9(2-3-10(11)13(17)18)15-12(16)4-8-6-14-7-8/h2-3,5,8,14H,4,6-7H2,1H3,(H,15,16)(H,17,18). The predicted molar refractivity (Wildman–Crippen MR) is 69.6 cm³/mol. The summed E-state index contributed by atoms with van der Waals surface area (Å²) < 4.78 is 5.00. The first-order chi connectivity index (χ1) is 9.10. The molecule has 1 saturated heterocycles. The zero-order valence-corrected chi connectivity index (χ0v) is 10.6. The smallest absolute Gasteiger partial charge is 0.339 e. The molecular weight excluding hydrogens is 248 g/mol. The van der Waals surface area contributed by atoms with E-state index in [1.54, 1.807) is 6.07 Å². The third-order valence-electron chi connectivity index (χ3n) is 3.06. The highest BCUT2D eigenvalue weighted by Crippen LogP contribution is 2.23. The Balaban J connectivity index is 2.03. The van der Waals surface area contributed by atoms with Crippen LogP contribution in [-0.2, 0) is 4.79 Å². The van der Waals surface area contributed by atoms with Crippen LogP contribution < -0.4 is 15.4 Å². The van der Waals surface area contributed by atoms with Crippen molar-refractivity contribution in [3.63, 3.8) is 0 Å². The molecule has 1 aliphatic heterocycles. The lowest BCUT2D eigenvalue weighted by Gasteiger charge is -2.26. The average molecular weight is 264 g/mol. The number of anilines is 1. The number of rotatable bonds is 5. The second-order valence-electron chi connectivity index (χ2n) is 4.50. The van der Waals surface area contributed by atoms with Gasteiger partial charge in [0, 0.05) is 18.2 Å². The monoisotopic (exact) mass is 264 g/mol. The molecule has 6 nitrogen and oxygen atoms in total. The molecule has 0 unspecified atom stereocenters. The maximum absolute atomic E-state index is 11.7. The number of carboxylic acids is 1. The van der Waals surface area contributed by atoms with Gasteiger partial charge in [0.1, 0.15) is 11.3 Å². The number of carbonyl (C=O) groups is 2. The number of benzene rings is 1. The van der Waals surface area contributed by atoms with Crippen LogP contribution in [0.2, 0.25) is 0 Å². The molecule has 1 aliphatic rings. The van der Waals surface area contributed by atoms with E-state index in [1.807, 2.05) is 0 Å². The predicted octanol–water partition coefficient (Wildman–Crippen LogP) is 0.941. The van der Waals surface area contributed by atoms with E-state index >= 15 is 0 Å². The van der Waals surface area contributed by atoms with Crippen molar-refractivity contribution in [1.82, 2.24) is 5.32 Å². The first kappa shape index (κ1) is 13.4. The highest BCUT2D eigenvalue weighted by Gasteiger charge is 2.20. The molecular formula is C13H16N2O4. The number of carbonyl (C=O) groups excluding carboxylic acids is 1. The second-order valence-corrected chi connectivity index (χ2v) is 4.50. The van der Waals surface area contributed by atoms with Gasteiger partial charge in [-0.1, -0.05) is 0 Å². The number of hydrogen-bond donors (Lipinski definition) is 3. The van der Waals surface area contributed by atoms with Crippen molar-refractivity contribution in [2.45, 2.75) is 6.42 Å². The van der Waals surface area contributed by atoms with Gasteiger partial charge < -0.3 is 20.5 Å². The third-order valence-corrected chi connectivity index (χ3v) is 3.06. The van der Waals surface area contributed by atoms with E-state index in [-0.39, 0.29) is 17.2 Å². The fraction of sp³-hybridized carbons (Fsp3) is 0.385. The van der Waals surface area contributed by atoms with Crippen LogP contribution >= 0.6 is 0 Å². The Kier molecular flexibility index (Phi) is 4.01. The second kappa shape index (κ2) is 5.71. The van der Waals surface area contributed by atoms with Gasteiger partial charge in [-0.3, -0.25) is 4.79 Å². The van der Waals surface area contributed by atoms with Crippen molar-refractivity contribution in [3.05, 3.63) is 23.8 Å². The van der Waals surface area contributed by atoms with Gasteiger partial charge in [-0.05, 0) is 31.1 Å². The van der Waals surface area contributed by atoms with E-state index in [0.29, 0.717) is 18.0 Å². The summed E-state index contributed by atoms with van der Waals surface area (Å²) in [7, 11) is 1.40. The topological polar surface area (TPSA) is 87.7 Å². The summed E-state index contributed by atoms with van der Waals surface area (Å²) in [5.41, 5.74) is 0.614. The lowest BCUT2D eigenvalue weighted by molar-refractivity contribution is -0.117. The van der Waals surface area contributed by atoms with Crippen LogP contribution in [0.15, 0.2) is 18.2 Å². The van der Waals surface area contributed by atoms with E-state index in [2.05, 4.69) is 10.6 Å². The van der Waals surface area contributed by atoms with E-state index < -0.39 is 5.97 Å². The molecule has 1 aromatic carbocycles. The van der Waals surface area contributed by atoms with Crippen LogP contribution in [0.4, 0.5) is 5.69 Å². The number of methoxy groups -OCH3 is 1. The summed E-state index contributed by atoms with van der Waals surface area (Å²) in [5.74, 6) is -0.511. The fourth-order valence-corrected chi connectivity index (χ4v) is 1.91. The van der Waals surface area contributed by atoms with Gasteiger partial charge >= 0.3 is 5.97 Å². The molecule has 0 atom stereocenters. The molecule has 102 valence electrons. The van der Waals surface area contributed by atoms with Gasteiger partial charge in [0.25, 0.3) is 0 Å². The average Bonchev–Trinajstić information content (AvgIpc) is 2.33. The molecule has 3 N–H and O–H groups in total. The Bertz CT molecular complexity index is 497. The minimum Gasteiger partial charge on any atom is -0.496 e. The number of nitrogens with one attached hydrogen (secondary N) is 2. The van der Waals surface area contributed by atoms with Gasteiger partial charge in [0.2, 0.25) is 5.91 Å². The number of amides is 1. The largest absolute Gasteiger partial charge is 0.496 e. The molecule has 1 amide bonds. The van der Waals surface area contributed by atoms with Gasteiger partial charge in [-0.15, -0.1) is 0 Å². The Hall–Kier alpha value is -2.08. The van der Waals surface area contributed by atoms with Crippen LogP contribution in [0, 0.1) is 5.92 Å². The lowest BCUT2D eigenvalue weighted by Crippen LogP contribution is -2.43. The lowest BCUT2D eigenvalue weighted by atomic mass is 9.99. The molecule has 19 heavy (non-hydrogen) atoms. The van der Waals surface area contributed by atoms with Gasteiger partial charge in [-0.2, -0.15) is 0 Å². The van der Waals surface area contributed by atoms with E-state index in [4.69, 9.17) is 9.84 Å². The first-order valence-corrected chi connectivity index (χ1v) is 6.02. The molecule has 0 saturated carbocycles. The summed E-state index contributed by atoms with van der Waals surface area (Å²) in [4.78, 5) is 22.7. The van der Waals surface area contributed by atoms with Crippen LogP contribution in [0.3, 0.4) is 0 Å². The van der Waals surface area contributed by atoms with Crippen molar-refractivity contribution in [1.29, 1.82) is 0 Å². The SMILES string of the molecule is COc1cc(NC(=O)CC2CNC2)ccc1C(=O)O. The molecule has 0 aliphatic carbocycles. The summed E-state index contributed by atoms with van der Waals surface area (Å²) in [6.45, 7) is 1.74. The van der Waals surface area contributed by atoms with Gasteiger partial charge in [-0.25, -0.2) is 4.79 Å². The number of ether oxygens (including phenoxy) is 1. The normalized spacial score (nSPS) is 14.6. The highest BCUT2D eigenvalue weighted by atomic mass is 16.5. The summed E-state index contributed by atoms with van der Waals surface area (Å²) in [5, 5.41) is 14.8. The number of hydrogen-bond acceptors (Lipinski definition) is 4. The molecule has 2 rings (SSSR count). The maximum atomic E-state index is 11.7.